The van der Waals surface area contributed by atoms with E-state index in [1.807, 2.05) is 0 Å². The second-order valence-corrected chi connectivity index (χ2v) is 4.52. The highest BCUT2D eigenvalue weighted by molar-refractivity contribution is 7.99. The minimum atomic E-state index is -0.166. The largest absolute Gasteiger partial charge is 0.383 e. The molecule has 0 aliphatic rings. The number of nitrogens with zero attached hydrogens (tertiary/aromatic N) is 3. The molecule has 7 nitrogen and oxygen atoms in total. The van der Waals surface area contributed by atoms with Crippen molar-refractivity contribution in [2.24, 2.45) is 0 Å². The summed E-state index contributed by atoms with van der Waals surface area (Å²) in [5.74, 6) is 0.570. The molecule has 19 heavy (non-hydrogen) atoms. The van der Waals surface area contributed by atoms with Gasteiger partial charge < -0.3 is 16.8 Å². The number of amides is 1. The van der Waals surface area contributed by atoms with Crippen LogP contribution in [-0.2, 0) is 4.79 Å². The molecule has 2 aromatic rings. The average molecular weight is 276 g/mol. The molecule has 0 fully saturated rings. The predicted octanol–water partition coefficient (Wildman–Crippen LogP) is 0.767. The molecule has 0 radical (unpaired) electrons. The Labute approximate surface area is 113 Å². The standard InChI is InChI=1S/C11H12N6OS/c12-8-5-9(13)17-11(16-8)19-6-10(18)15-7-1-3-14-4-2-7/h1-5H,6H2,(H,14,15,18)(H4,12,13,16,17). The molecule has 0 bridgehead atoms. The van der Waals surface area contributed by atoms with Gasteiger partial charge in [-0.1, -0.05) is 11.8 Å². The first-order valence-electron chi connectivity index (χ1n) is 5.36. The number of pyridine rings is 1. The number of hydrogen-bond donors (Lipinski definition) is 3. The second kappa shape index (κ2) is 6.01. The topological polar surface area (TPSA) is 120 Å². The molecule has 0 aliphatic carbocycles. The van der Waals surface area contributed by atoms with E-state index in [1.54, 1.807) is 24.5 Å². The molecule has 0 aromatic carbocycles. The van der Waals surface area contributed by atoms with E-state index >= 15 is 0 Å². The minimum Gasteiger partial charge on any atom is -0.383 e. The van der Waals surface area contributed by atoms with Gasteiger partial charge in [-0.3, -0.25) is 9.78 Å². The molecule has 0 spiro atoms. The van der Waals surface area contributed by atoms with E-state index in [0.29, 0.717) is 10.8 Å². The molecule has 2 rings (SSSR count). The smallest absolute Gasteiger partial charge is 0.234 e. The highest BCUT2D eigenvalue weighted by Gasteiger charge is 2.06. The lowest BCUT2D eigenvalue weighted by molar-refractivity contribution is -0.113. The lowest BCUT2D eigenvalue weighted by atomic mass is 10.4. The van der Waals surface area contributed by atoms with Gasteiger partial charge in [0.15, 0.2) is 5.16 Å². The maximum absolute atomic E-state index is 11.7. The molecule has 0 saturated heterocycles. The highest BCUT2D eigenvalue weighted by Crippen LogP contribution is 2.16. The van der Waals surface area contributed by atoms with Gasteiger partial charge in [-0.15, -0.1) is 0 Å². The van der Waals surface area contributed by atoms with Gasteiger partial charge in [0, 0.05) is 24.1 Å². The lowest BCUT2D eigenvalue weighted by Crippen LogP contribution is -2.14. The van der Waals surface area contributed by atoms with Crippen LogP contribution in [0.4, 0.5) is 17.3 Å². The fourth-order valence-electron chi connectivity index (χ4n) is 1.29. The molecule has 1 amide bonds. The number of thioether (sulfide) groups is 1. The highest BCUT2D eigenvalue weighted by atomic mass is 32.2. The van der Waals surface area contributed by atoms with E-state index in [1.165, 1.54) is 17.8 Å². The number of anilines is 3. The van der Waals surface area contributed by atoms with Crippen molar-refractivity contribution in [2.75, 3.05) is 22.5 Å². The van der Waals surface area contributed by atoms with E-state index in [0.717, 1.165) is 0 Å². The minimum absolute atomic E-state index is 0.166. The van der Waals surface area contributed by atoms with Crippen LogP contribution >= 0.6 is 11.8 Å². The van der Waals surface area contributed by atoms with Gasteiger partial charge in [-0.25, -0.2) is 9.97 Å². The van der Waals surface area contributed by atoms with Gasteiger partial charge in [0.1, 0.15) is 11.6 Å². The van der Waals surface area contributed by atoms with Crippen LogP contribution in [-0.4, -0.2) is 26.6 Å². The summed E-state index contributed by atoms with van der Waals surface area (Å²) >= 11 is 1.17. The molecule has 8 heteroatoms. The summed E-state index contributed by atoms with van der Waals surface area (Å²) in [6, 6.07) is 4.87. The number of rotatable bonds is 4. The SMILES string of the molecule is Nc1cc(N)nc(SCC(=O)Nc2ccncc2)n1. The number of nitrogen functional groups attached to an aromatic ring is 2. The molecule has 0 aliphatic heterocycles. The maximum Gasteiger partial charge on any atom is 0.234 e. The number of nitrogens with one attached hydrogen (secondary N) is 1. The van der Waals surface area contributed by atoms with Gasteiger partial charge in [-0.2, -0.15) is 0 Å². The number of carbonyl (C=O) groups excluding carboxylic acids is 1. The molecule has 2 aromatic heterocycles. The molecular weight excluding hydrogens is 264 g/mol. The second-order valence-electron chi connectivity index (χ2n) is 3.57. The Morgan fingerprint density at radius 1 is 1.21 bits per heavy atom. The number of carbonyl (C=O) groups is 1. The Kier molecular flexibility index (Phi) is 4.14. The van der Waals surface area contributed by atoms with Crippen LogP contribution in [0.2, 0.25) is 0 Å². The van der Waals surface area contributed by atoms with E-state index < -0.39 is 0 Å². The van der Waals surface area contributed by atoms with Crippen molar-refractivity contribution in [3.8, 4) is 0 Å². The van der Waals surface area contributed by atoms with E-state index in [9.17, 15) is 4.79 Å². The van der Waals surface area contributed by atoms with Crippen LogP contribution in [0.25, 0.3) is 0 Å². The first-order chi connectivity index (χ1) is 9.13. The summed E-state index contributed by atoms with van der Waals surface area (Å²) in [6.45, 7) is 0. The zero-order chi connectivity index (χ0) is 13.7. The van der Waals surface area contributed by atoms with Crippen LogP contribution < -0.4 is 16.8 Å². The van der Waals surface area contributed by atoms with Crippen molar-refractivity contribution in [3.63, 3.8) is 0 Å². The number of nitrogens with two attached hydrogens (primary N) is 2. The van der Waals surface area contributed by atoms with Crippen molar-refractivity contribution in [3.05, 3.63) is 30.6 Å². The third kappa shape index (κ3) is 4.11. The molecule has 0 unspecified atom stereocenters. The van der Waals surface area contributed by atoms with Crippen LogP contribution in [0, 0.1) is 0 Å². The zero-order valence-electron chi connectivity index (χ0n) is 9.91. The van der Waals surface area contributed by atoms with Gasteiger partial charge in [-0.05, 0) is 12.1 Å². The van der Waals surface area contributed by atoms with E-state index in [-0.39, 0.29) is 23.3 Å². The third-order valence-corrected chi connectivity index (χ3v) is 2.89. The lowest BCUT2D eigenvalue weighted by Gasteiger charge is -2.04. The van der Waals surface area contributed by atoms with Gasteiger partial charge in [0.05, 0.1) is 5.75 Å². The Morgan fingerprint density at radius 2 is 1.84 bits per heavy atom. The fraction of sp³-hybridized carbons (Fsp3) is 0.0909. The molecule has 0 atom stereocenters. The maximum atomic E-state index is 11.7. The normalized spacial score (nSPS) is 10.1. The predicted molar refractivity (Wildman–Crippen MR) is 74.4 cm³/mol. The van der Waals surface area contributed by atoms with E-state index in [2.05, 4.69) is 20.3 Å². The Morgan fingerprint density at radius 3 is 2.47 bits per heavy atom. The number of aromatic nitrogens is 3. The number of hydrogen-bond acceptors (Lipinski definition) is 7. The van der Waals surface area contributed by atoms with Crippen LogP contribution in [0.15, 0.2) is 35.7 Å². The molecule has 5 N–H and O–H groups in total. The first kappa shape index (κ1) is 13.1. The Bertz CT molecular complexity index is 556. The molecule has 2 heterocycles. The monoisotopic (exact) mass is 276 g/mol. The van der Waals surface area contributed by atoms with Crippen molar-refractivity contribution < 1.29 is 4.79 Å². The average Bonchev–Trinajstić information content (AvgIpc) is 2.36. The molecule has 0 saturated carbocycles. The summed E-state index contributed by atoms with van der Waals surface area (Å²) in [5.41, 5.74) is 11.8. The van der Waals surface area contributed by atoms with Crippen molar-refractivity contribution in [1.29, 1.82) is 0 Å². The summed E-state index contributed by atoms with van der Waals surface area (Å²) in [4.78, 5) is 23.5. The van der Waals surface area contributed by atoms with E-state index in [4.69, 9.17) is 11.5 Å². The van der Waals surface area contributed by atoms with Crippen LogP contribution in [0.3, 0.4) is 0 Å². The van der Waals surface area contributed by atoms with Crippen molar-refractivity contribution in [2.45, 2.75) is 5.16 Å². The van der Waals surface area contributed by atoms with Crippen LogP contribution in [0.5, 0.6) is 0 Å². The Hall–Kier alpha value is -2.35. The summed E-state index contributed by atoms with van der Waals surface area (Å²) in [5, 5.41) is 3.10. The van der Waals surface area contributed by atoms with Gasteiger partial charge >= 0.3 is 0 Å². The van der Waals surface area contributed by atoms with Gasteiger partial charge in [0.25, 0.3) is 0 Å². The molecule has 98 valence electrons. The first-order valence-corrected chi connectivity index (χ1v) is 6.35. The third-order valence-electron chi connectivity index (χ3n) is 2.04. The zero-order valence-corrected chi connectivity index (χ0v) is 10.7. The van der Waals surface area contributed by atoms with Crippen LogP contribution in [0.1, 0.15) is 0 Å². The summed E-state index contributed by atoms with van der Waals surface area (Å²) in [7, 11) is 0. The van der Waals surface area contributed by atoms with Crippen molar-refractivity contribution in [1.82, 2.24) is 15.0 Å². The van der Waals surface area contributed by atoms with Crippen molar-refractivity contribution >= 4 is 35.0 Å². The quantitative estimate of drug-likeness (QED) is 0.557. The Balaban J connectivity index is 1.90. The van der Waals surface area contributed by atoms with Gasteiger partial charge in [0.2, 0.25) is 5.91 Å². The molecular formula is C11H12N6OS. The fourth-order valence-corrected chi connectivity index (χ4v) is 1.96. The summed E-state index contributed by atoms with van der Waals surface area (Å²) < 4.78 is 0. The summed E-state index contributed by atoms with van der Waals surface area (Å²) in [6.07, 6.45) is 3.20.